The molecule has 1 fully saturated rings. The first-order valence-electron chi connectivity index (χ1n) is 7.03. The number of rotatable bonds is 6. The third-order valence-corrected chi connectivity index (χ3v) is 5.11. The van der Waals surface area contributed by atoms with Crippen molar-refractivity contribution in [1.82, 2.24) is 5.32 Å². The summed E-state index contributed by atoms with van der Waals surface area (Å²) >= 11 is 1.81. The van der Waals surface area contributed by atoms with Crippen molar-refractivity contribution in [3.05, 3.63) is 29.3 Å². The van der Waals surface area contributed by atoms with Gasteiger partial charge in [0.05, 0.1) is 5.56 Å². The molecule has 0 radical (unpaired) electrons. The molecule has 0 amide bonds. The Morgan fingerprint density at radius 1 is 1.37 bits per heavy atom. The average molecular weight is 274 g/mol. The lowest BCUT2D eigenvalue weighted by Gasteiger charge is -2.16. The molecule has 1 aliphatic carbocycles. The summed E-state index contributed by atoms with van der Waals surface area (Å²) in [6, 6.07) is 9.32. The van der Waals surface area contributed by atoms with Gasteiger partial charge in [0.15, 0.2) is 0 Å². The number of nitrogens with zero attached hydrogens (tertiary/aromatic N) is 1. The van der Waals surface area contributed by atoms with Crippen LogP contribution in [0.3, 0.4) is 0 Å². The summed E-state index contributed by atoms with van der Waals surface area (Å²) in [4.78, 5) is 1.11. The quantitative estimate of drug-likeness (QED) is 0.798. The zero-order valence-corrected chi connectivity index (χ0v) is 12.8. The summed E-state index contributed by atoms with van der Waals surface area (Å²) in [5, 5.41) is 13.3. The van der Waals surface area contributed by atoms with Crippen molar-refractivity contribution in [2.24, 2.45) is 5.92 Å². The van der Waals surface area contributed by atoms with Crippen LogP contribution in [0.2, 0.25) is 0 Å². The molecule has 0 aromatic heterocycles. The smallest absolute Gasteiger partial charge is 0.100 e. The molecule has 0 bridgehead atoms. The van der Waals surface area contributed by atoms with Gasteiger partial charge in [-0.25, -0.2) is 0 Å². The molecule has 1 unspecified atom stereocenters. The molecule has 1 aromatic carbocycles. The summed E-state index contributed by atoms with van der Waals surface area (Å²) in [5.74, 6) is 0.618. The second-order valence-electron chi connectivity index (χ2n) is 5.66. The van der Waals surface area contributed by atoms with E-state index < -0.39 is 0 Å². The van der Waals surface area contributed by atoms with Crippen molar-refractivity contribution in [3.8, 4) is 6.07 Å². The molecule has 1 N–H and O–H groups in total. The first kappa shape index (κ1) is 14.4. The van der Waals surface area contributed by atoms with E-state index in [4.69, 9.17) is 0 Å². The Balaban J connectivity index is 2.04. The van der Waals surface area contributed by atoms with E-state index in [-0.39, 0.29) is 0 Å². The van der Waals surface area contributed by atoms with Crippen LogP contribution < -0.4 is 5.32 Å². The molecule has 2 nitrogen and oxygen atoms in total. The molecule has 0 aliphatic heterocycles. The number of thioether (sulfide) groups is 1. The predicted molar refractivity (Wildman–Crippen MR) is 81.2 cm³/mol. The van der Waals surface area contributed by atoms with Gasteiger partial charge in [0, 0.05) is 22.7 Å². The monoisotopic (exact) mass is 274 g/mol. The molecule has 102 valence electrons. The van der Waals surface area contributed by atoms with Crippen LogP contribution in [-0.2, 0) is 6.54 Å². The van der Waals surface area contributed by atoms with Crippen molar-refractivity contribution in [2.45, 2.75) is 56.3 Å². The second kappa shape index (κ2) is 6.45. The van der Waals surface area contributed by atoms with E-state index in [0.29, 0.717) is 17.2 Å². The van der Waals surface area contributed by atoms with E-state index in [1.165, 1.54) is 18.4 Å². The first-order chi connectivity index (χ1) is 9.10. The largest absolute Gasteiger partial charge is 0.310 e. The zero-order chi connectivity index (χ0) is 13.8. The van der Waals surface area contributed by atoms with E-state index in [1.54, 1.807) is 11.8 Å². The maximum Gasteiger partial charge on any atom is 0.100 e. The van der Waals surface area contributed by atoms with Crippen LogP contribution in [0, 0.1) is 17.2 Å². The highest BCUT2D eigenvalue weighted by Crippen LogP contribution is 2.31. The maximum atomic E-state index is 9.30. The van der Waals surface area contributed by atoms with E-state index in [2.05, 4.69) is 44.3 Å². The molecule has 0 heterocycles. The minimum Gasteiger partial charge on any atom is -0.310 e. The van der Waals surface area contributed by atoms with Gasteiger partial charge in [-0.05, 0) is 36.5 Å². The van der Waals surface area contributed by atoms with Gasteiger partial charge in [0.25, 0.3) is 0 Å². The molecule has 1 saturated carbocycles. The number of hydrogen-bond acceptors (Lipinski definition) is 3. The molecule has 1 aliphatic rings. The van der Waals surface area contributed by atoms with Crippen molar-refractivity contribution >= 4 is 11.8 Å². The molecule has 2 rings (SSSR count). The Kier molecular flexibility index (Phi) is 4.90. The molecular weight excluding hydrogens is 252 g/mol. The molecule has 19 heavy (non-hydrogen) atoms. The summed E-state index contributed by atoms with van der Waals surface area (Å²) in [6.07, 6.45) is 2.59. The van der Waals surface area contributed by atoms with Gasteiger partial charge < -0.3 is 5.32 Å². The van der Waals surface area contributed by atoms with Crippen LogP contribution in [0.25, 0.3) is 0 Å². The number of hydrogen-bond donors (Lipinski definition) is 1. The first-order valence-corrected chi connectivity index (χ1v) is 7.91. The van der Waals surface area contributed by atoms with Gasteiger partial charge in [-0.3, -0.25) is 0 Å². The minimum absolute atomic E-state index is 0.530. The van der Waals surface area contributed by atoms with Crippen LogP contribution >= 0.6 is 11.8 Å². The van der Waals surface area contributed by atoms with Crippen molar-refractivity contribution in [2.75, 3.05) is 0 Å². The number of benzene rings is 1. The van der Waals surface area contributed by atoms with Crippen molar-refractivity contribution < 1.29 is 0 Å². The van der Waals surface area contributed by atoms with Gasteiger partial charge in [0.1, 0.15) is 6.07 Å². The van der Waals surface area contributed by atoms with Crippen LogP contribution in [0.4, 0.5) is 0 Å². The fourth-order valence-corrected chi connectivity index (χ4v) is 2.81. The molecular formula is C16H22N2S. The van der Waals surface area contributed by atoms with Crippen LogP contribution in [0.15, 0.2) is 23.1 Å². The predicted octanol–water partition coefficient (Wildman–Crippen LogP) is 3.95. The summed E-state index contributed by atoms with van der Waals surface area (Å²) in [7, 11) is 0. The number of nitrogens with one attached hydrogen (secondary N) is 1. The van der Waals surface area contributed by atoms with E-state index in [1.807, 2.05) is 6.07 Å². The maximum absolute atomic E-state index is 9.30. The van der Waals surface area contributed by atoms with Gasteiger partial charge in [-0.1, -0.05) is 26.8 Å². The fraction of sp³-hybridized carbons (Fsp3) is 0.562. The lowest BCUT2D eigenvalue weighted by atomic mass is 10.1. The van der Waals surface area contributed by atoms with Gasteiger partial charge in [-0.2, -0.15) is 5.26 Å². The molecule has 0 spiro atoms. The van der Waals surface area contributed by atoms with Gasteiger partial charge in [0.2, 0.25) is 0 Å². The highest BCUT2D eigenvalue weighted by molar-refractivity contribution is 8.00. The van der Waals surface area contributed by atoms with Crippen LogP contribution in [0.1, 0.15) is 44.7 Å². The third-order valence-electron chi connectivity index (χ3n) is 3.59. The van der Waals surface area contributed by atoms with E-state index in [0.717, 1.165) is 17.0 Å². The van der Waals surface area contributed by atoms with Crippen molar-refractivity contribution in [1.29, 1.82) is 5.26 Å². The van der Waals surface area contributed by atoms with Crippen LogP contribution in [-0.4, -0.2) is 11.3 Å². The summed E-state index contributed by atoms with van der Waals surface area (Å²) in [6.45, 7) is 7.54. The van der Waals surface area contributed by atoms with Gasteiger partial charge >= 0.3 is 0 Å². The third kappa shape index (κ3) is 4.26. The van der Waals surface area contributed by atoms with Crippen molar-refractivity contribution in [3.63, 3.8) is 0 Å². The van der Waals surface area contributed by atoms with E-state index >= 15 is 0 Å². The summed E-state index contributed by atoms with van der Waals surface area (Å²) < 4.78 is 0. The topological polar surface area (TPSA) is 35.8 Å². The van der Waals surface area contributed by atoms with Crippen LogP contribution in [0.5, 0.6) is 0 Å². The second-order valence-corrected chi connectivity index (χ2v) is 7.08. The lowest BCUT2D eigenvalue weighted by molar-refractivity contribution is 0.642. The molecule has 1 atom stereocenters. The molecule has 0 saturated heterocycles. The fourth-order valence-electron chi connectivity index (χ4n) is 1.76. The Labute approximate surface area is 120 Å². The normalized spacial score (nSPS) is 16.4. The number of nitriles is 1. The highest BCUT2D eigenvalue weighted by atomic mass is 32.2. The minimum atomic E-state index is 0.530. The molecule has 1 aromatic rings. The Morgan fingerprint density at radius 2 is 2.11 bits per heavy atom. The lowest BCUT2D eigenvalue weighted by Crippen LogP contribution is -2.15. The van der Waals surface area contributed by atoms with E-state index in [9.17, 15) is 5.26 Å². The summed E-state index contributed by atoms with van der Waals surface area (Å²) in [5.41, 5.74) is 2.03. The Hall–Kier alpha value is -0.980. The zero-order valence-electron chi connectivity index (χ0n) is 11.9. The standard InChI is InChI=1S/C16H22N2S/c1-11(2)12(3)19-16-7-4-13(8-14(16)9-17)10-18-15-5-6-15/h4,7-8,11-12,15,18H,5-6,10H2,1-3H3. The molecule has 3 heteroatoms. The SMILES string of the molecule is CC(C)C(C)Sc1ccc(CNC2CC2)cc1C#N. The average Bonchev–Trinajstić information content (AvgIpc) is 3.21. The highest BCUT2D eigenvalue weighted by Gasteiger charge is 2.20. The van der Waals surface area contributed by atoms with Gasteiger partial charge in [-0.15, -0.1) is 11.8 Å². The Morgan fingerprint density at radius 3 is 2.68 bits per heavy atom. The Bertz CT molecular complexity index is 472.